The fourth-order valence-corrected chi connectivity index (χ4v) is 3.83. The molecule has 1 aliphatic carbocycles. The standard InChI is InChI=1S/C18H17N3O2S/c22-13-7-12(8-13)17(15-3-1-2-6-19-15)21-18(23)11-4-5-14-16(9-11)24-10-20-14/h1-6,9-10,12-13,17,22H,7-8H2,(H,21,23). The minimum Gasteiger partial charge on any atom is -0.393 e. The summed E-state index contributed by atoms with van der Waals surface area (Å²) in [5.74, 6) is 0.0910. The Morgan fingerprint density at radius 3 is 2.88 bits per heavy atom. The van der Waals surface area contributed by atoms with Gasteiger partial charge >= 0.3 is 0 Å². The highest BCUT2D eigenvalue weighted by Crippen LogP contribution is 2.37. The third-order valence-electron chi connectivity index (χ3n) is 4.51. The Morgan fingerprint density at radius 1 is 1.25 bits per heavy atom. The summed E-state index contributed by atoms with van der Waals surface area (Å²) in [6.45, 7) is 0. The van der Waals surface area contributed by atoms with E-state index in [2.05, 4.69) is 15.3 Å². The van der Waals surface area contributed by atoms with Crippen LogP contribution in [0.5, 0.6) is 0 Å². The van der Waals surface area contributed by atoms with Crippen LogP contribution in [0.15, 0.2) is 48.1 Å². The second-order valence-electron chi connectivity index (χ2n) is 6.13. The number of aliphatic hydroxyl groups is 1. The summed E-state index contributed by atoms with van der Waals surface area (Å²) >= 11 is 1.52. The van der Waals surface area contributed by atoms with Gasteiger partial charge in [-0.25, -0.2) is 4.98 Å². The van der Waals surface area contributed by atoms with Crippen LogP contribution in [-0.2, 0) is 0 Å². The van der Waals surface area contributed by atoms with Crippen LogP contribution in [0.1, 0.15) is 34.9 Å². The molecule has 1 amide bonds. The Hall–Kier alpha value is -2.31. The van der Waals surface area contributed by atoms with E-state index in [0.717, 1.165) is 15.9 Å². The van der Waals surface area contributed by atoms with Crippen molar-refractivity contribution in [2.45, 2.75) is 25.0 Å². The molecule has 1 unspecified atom stereocenters. The minimum atomic E-state index is -0.272. The zero-order valence-electron chi connectivity index (χ0n) is 12.9. The average molecular weight is 339 g/mol. The highest BCUT2D eigenvalue weighted by atomic mass is 32.1. The molecule has 122 valence electrons. The van der Waals surface area contributed by atoms with Crippen molar-refractivity contribution < 1.29 is 9.90 Å². The maximum absolute atomic E-state index is 12.7. The first-order valence-corrected chi connectivity index (χ1v) is 8.82. The van der Waals surface area contributed by atoms with Crippen molar-refractivity contribution >= 4 is 27.5 Å². The zero-order chi connectivity index (χ0) is 16.5. The van der Waals surface area contributed by atoms with Gasteiger partial charge < -0.3 is 10.4 Å². The molecule has 24 heavy (non-hydrogen) atoms. The second-order valence-corrected chi connectivity index (χ2v) is 7.01. The molecule has 0 aliphatic heterocycles. The lowest BCUT2D eigenvalue weighted by Gasteiger charge is -2.37. The highest BCUT2D eigenvalue weighted by molar-refractivity contribution is 7.16. The van der Waals surface area contributed by atoms with E-state index in [1.807, 2.05) is 30.3 Å². The minimum absolute atomic E-state index is 0.123. The van der Waals surface area contributed by atoms with E-state index < -0.39 is 0 Å². The molecule has 2 N–H and O–H groups in total. The smallest absolute Gasteiger partial charge is 0.251 e. The van der Waals surface area contributed by atoms with Gasteiger partial charge in [0.25, 0.3) is 5.91 Å². The lowest BCUT2D eigenvalue weighted by atomic mass is 9.76. The summed E-state index contributed by atoms with van der Waals surface area (Å²) in [4.78, 5) is 21.3. The molecule has 0 radical (unpaired) electrons. The van der Waals surface area contributed by atoms with Gasteiger partial charge in [0.15, 0.2) is 0 Å². The van der Waals surface area contributed by atoms with E-state index in [4.69, 9.17) is 0 Å². The molecule has 1 aliphatic rings. The maximum Gasteiger partial charge on any atom is 0.251 e. The number of hydrogen-bond acceptors (Lipinski definition) is 5. The van der Waals surface area contributed by atoms with Crippen molar-refractivity contribution in [3.8, 4) is 0 Å². The molecule has 5 nitrogen and oxygen atoms in total. The number of hydrogen-bond donors (Lipinski definition) is 2. The van der Waals surface area contributed by atoms with E-state index in [1.165, 1.54) is 11.3 Å². The normalized spacial score (nSPS) is 21.2. The van der Waals surface area contributed by atoms with Gasteiger partial charge in [-0.3, -0.25) is 9.78 Å². The van der Waals surface area contributed by atoms with Crippen molar-refractivity contribution in [3.05, 3.63) is 59.4 Å². The van der Waals surface area contributed by atoms with Crippen LogP contribution in [0.2, 0.25) is 0 Å². The second kappa shape index (κ2) is 6.30. The Bertz CT molecular complexity index is 859. The van der Waals surface area contributed by atoms with Gasteiger partial charge in [-0.1, -0.05) is 6.07 Å². The molecule has 0 bridgehead atoms. The SMILES string of the molecule is O=C(NC(c1ccccn1)C1CC(O)C1)c1ccc2ncsc2c1. The molecule has 0 spiro atoms. The molecule has 1 saturated carbocycles. The summed E-state index contributed by atoms with van der Waals surface area (Å²) in [5.41, 5.74) is 4.13. The Balaban J connectivity index is 1.58. The first-order valence-electron chi connectivity index (χ1n) is 7.94. The molecule has 3 aromatic rings. The van der Waals surface area contributed by atoms with E-state index in [9.17, 15) is 9.90 Å². The molecule has 1 aromatic carbocycles. The van der Waals surface area contributed by atoms with Crippen LogP contribution < -0.4 is 5.32 Å². The number of aromatic nitrogens is 2. The molecule has 0 saturated heterocycles. The first-order chi connectivity index (χ1) is 11.7. The fraction of sp³-hybridized carbons (Fsp3) is 0.278. The Kier molecular flexibility index (Phi) is 4.00. The number of thiazole rings is 1. The van der Waals surface area contributed by atoms with Crippen molar-refractivity contribution in [1.29, 1.82) is 0 Å². The van der Waals surface area contributed by atoms with Crippen LogP contribution in [0.4, 0.5) is 0 Å². The third-order valence-corrected chi connectivity index (χ3v) is 5.30. The van der Waals surface area contributed by atoms with Crippen LogP contribution in [0, 0.1) is 5.92 Å². The lowest BCUT2D eigenvalue weighted by molar-refractivity contribution is 0.0228. The fourth-order valence-electron chi connectivity index (χ4n) is 3.12. The average Bonchev–Trinajstić information content (AvgIpc) is 3.05. The van der Waals surface area contributed by atoms with Crippen LogP contribution >= 0.6 is 11.3 Å². The third kappa shape index (κ3) is 2.90. The van der Waals surface area contributed by atoms with Crippen molar-refractivity contribution in [2.75, 3.05) is 0 Å². The van der Waals surface area contributed by atoms with Crippen LogP contribution in [-0.4, -0.2) is 27.1 Å². The number of fused-ring (bicyclic) bond motifs is 1. The lowest BCUT2D eigenvalue weighted by Crippen LogP contribution is -2.41. The summed E-state index contributed by atoms with van der Waals surface area (Å²) in [7, 11) is 0. The first kappa shape index (κ1) is 15.2. The number of nitrogens with zero attached hydrogens (tertiary/aromatic N) is 2. The summed E-state index contributed by atoms with van der Waals surface area (Å²) in [6.07, 6.45) is 2.84. The van der Waals surface area contributed by atoms with Crippen LogP contribution in [0.3, 0.4) is 0 Å². The van der Waals surface area contributed by atoms with E-state index >= 15 is 0 Å². The molecule has 1 fully saturated rings. The molecular weight excluding hydrogens is 322 g/mol. The number of rotatable bonds is 4. The number of carbonyl (C=O) groups is 1. The van der Waals surface area contributed by atoms with Gasteiger partial charge in [0.1, 0.15) is 0 Å². The van der Waals surface area contributed by atoms with Crippen LogP contribution in [0.25, 0.3) is 10.2 Å². The van der Waals surface area contributed by atoms with Gasteiger partial charge in [-0.15, -0.1) is 11.3 Å². The molecule has 1 atom stereocenters. The zero-order valence-corrected chi connectivity index (χ0v) is 13.7. The summed E-state index contributed by atoms with van der Waals surface area (Å²) < 4.78 is 0.996. The molecule has 2 aromatic heterocycles. The highest BCUT2D eigenvalue weighted by Gasteiger charge is 2.36. The number of nitrogens with one attached hydrogen (secondary N) is 1. The largest absolute Gasteiger partial charge is 0.393 e. The van der Waals surface area contributed by atoms with Gasteiger partial charge in [-0.2, -0.15) is 0 Å². The predicted molar refractivity (Wildman–Crippen MR) is 92.8 cm³/mol. The molecular formula is C18H17N3O2S. The number of carbonyl (C=O) groups excluding carboxylic acids is 1. The predicted octanol–water partition coefficient (Wildman–Crippen LogP) is 2.93. The van der Waals surface area contributed by atoms with E-state index in [1.54, 1.807) is 17.8 Å². The summed E-state index contributed by atoms with van der Waals surface area (Å²) in [5, 5.41) is 12.7. The van der Waals surface area contributed by atoms with Crippen molar-refractivity contribution in [1.82, 2.24) is 15.3 Å². The topological polar surface area (TPSA) is 75.1 Å². The summed E-state index contributed by atoms with van der Waals surface area (Å²) in [6, 6.07) is 11.0. The Morgan fingerprint density at radius 2 is 2.12 bits per heavy atom. The quantitative estimate of drug-likeness (QED) is 0.766. The molecule has 6 heteroatoms. The molecule has 4 rings (SSSR count). The number of pyridine rings is 1. The number of amides is 1. The van der Waals surface area contributed by atoms with Crippen molar-refractivity contribution in [3.63, 3.8) is 0 Å². The Labute approximate surface area is 143 Å². The molecule has 2 heterocycles. The van der Waals surface area contributed by atoms with E-state index in [-0.39, 0.29) is 24.0 Å². The van der Waals surface area contributed by atoms with Gasteiger partial charge in [0, 0.05) is 11.8 Å². The van der Waals surface area contributed by atoms with Gasteiger partial charge in [-0.05, 0) is 49.1 Å². The van der Waals surface area contributed by atoms with E-state index in [0.29, 0.717) is 18.4 Å². The monoisotopic (exact) mass is 339 g/mol. The van der Waals surface area contributed by atoms with Crippen molar-refractivity contribution in [2.24, 2.45) is 5.92 Å². The number of benzene rings is 1. The van der Waals surface area contributed by atoms with Gasteiger partial charge in [0.2, 0.25) is 0 Å². The van der Waals surface area contributed by atoms with Gasteiger partial charge in [0.05, 0.1) is 33.6 Å². The maximum atomic E-state index is 12.7. The number of aliphatic hydroxyl groups excluding tert-OH is 1.